The molecule has 0 aliphatic carbocycles. The SMILES string of the molecule is C=CC(=O)OC(CC)c1c(C)cc(OC)c(OC)c1OC.C=COCC(CC)CCCC. The second-order valence-electron chi connectivity index (χ2n) is 7.33. The highest BCUT2D eigenvalue weighted by atomic mass is 16.5. The number of carbonyl (C=O) groups excluding carboxylic acids is 1. The molecule has 2 unspecified atom stereocenters. The molecule has 0 spiro atoms. The van der Waals surface area contributed by atoms with Gasteiger partial charge in [-0.2, -0.15) is 0 Å². The molecular weight excluding hydrogens is 408 g/mol. The molecule has 0 bridgehead atoms. The molecule has 0 N–H and O–H groups in total. The second kappa shape index (κ2) is 17.0. The summed E-state index contributed by atoms with van der Waals surface area (Å²) in [6.45, 7) is 16.1. The van der Waals surface area contributed by atoms with Crippen LogP contribution >= 0.6 is 0 Å². The summed E-state index contributed by atoms with van der Waals surface area (Å²) in [5.74, 6) is 1.82. The van der Waals surface area contributed by atoms with E-state index in [4.69, 9.17) is 23.7 Å². The van der Waals surface area contributed by atoms with E-state index in [2.05, 4.69) is 27.0 Å². The molecule has 0 radical (unpaired) electrons. The van der Waals surface area contributed by atoms with Crippen LogP contribution in [0.5, 0.6) is 17.2 Å². The van der Waals surface area contributed by atoms with Gasteiger partial charge in [-0.1, -0.05) is 53.2 Å². The van der Waals surface area contributed by atoms with Gasteiger partial charge in [-0.3, -0.25) is 0 Å². The molecule has 6 heteroatoms. The van der Waals surface area contributed by atoms with Crippen LogP contribution < -0.4 is 14.2 Å². The lowest BCUT2D eigenvalue weighted by Gasteiger charge is -2.23. The standard InChI is InChI=1S/C16H22O5.C10H20O/c1-7-11(21-13(17)8-2)14-10(3)9-12(18-4)15(19-5)16(14)20-6;1-4-7-8-10(5-2)9-11-6-3/h8-9,11H,2,7H2,1,3-6H3;6,10H,3-5,7-9H2,1-2H3. The summed E-state index contributed by atoms with van der Waals surface area (Å²) in [5, 5.41) is 0. The summed E-state index contributed by atoms with van der Waals surface area (Å²) in [6, 6.07) is 1.83. The van der Waals surface area contributed by atoms with Crippen LogP contribution in [0, 0.1) is 12.8 Å². The van der Waals surface area contributed by atoms with Crippen LogP contribution in [0.3, 0.4) is 0 Å². The zero-order valence-electron chi connectivity index (χ0n) is 21.0. The first-order valence-electron chi connectivity index (χ1n) is 11.2. The number of aryl methyl sites for hydroxylation is 1. The Balaban J connectivity index is 0.000000739. The largest absolute Gasteiger partial charge is 0.502 e. The normalized spacial score (nSPS) is 11.8. The first kappa shape index (κ1) is 29.4. The third kappa shape index (κ3) is 9.25. The molecule has 0 aliphatic heterocycles. The molecule has 0 aromatic heterocycles. The van der Waals surface area contributed by atoms with E-state index in [-0.39, 0.29) is 0 Å². The quantitative estimate of drug-likeness (QED) is 0.182. The van der Waals surface area contributed by atoms with Crippen molar-refractivity contribution in [1.82, 2.24) is 0 Å². The third-order valence-corrected chi connectivity index (χ3v) is 5.19. The Hall–Kier alpha value is -2.63. The van der Waals surface area contributed by atoms with Crippen molar-refractivity contribution >= 4 is 5.97 Å². The summed E-state index contributed by atoms with van der Waals surface area (Å²) in [7, 11) is 4.64. The van der Waals surface area contributed by atoms with E-state index >= 15 is 0 Å². The van der Waals surface area contributed by atoms with Gasteiger partial charge >= 0.3 is 5.97 Å². The molecule has 6 nitrogen and oxygen atoms in total. The van der Waals surface area contributed by atoms with Gasteiger partial charge in [0, 0.05) is 11.6 Å². The van der Waals surface area contributed by atoms with Crippen LogP contribution in [0.1, 0.15) is 70.1 Å². The maximum atomic E-state index is 11.5. The number of hydrogen-bond acceptors (Lipinski definition) is 6. The fourth-order valence-corrected chi connectivity index (χ4v) is 3.34. The summed E-state index contributed by atoms with van der Waals surface area (Å²) in [4.78, 5) is 11.5. The lowest BCUT2D eigenvalue weighted by Crippen LogP contribution is -2.12. The Morgan fingerprint density at radius 1 is 1.03 bits per heavy atom. The van der Waals surface area contributed by atoms with Crippen molar-refractivity contribution in [3.05, 3.63) is 42.7 Å². The van der Waals surface area contributed by atoms with Crippen molar-refractivity contribution in [1.29, 1.82) is 0 Å². The number of ether oxygens (including phenoxy) is 5. The van der Waals surface area contributed by atoms with Gasteiger partial charge < -0.3 is 23.7 Å². The average Bonchev–Trinajstić information content (AvgIpc) is 2.82. The number of benzene rings is 1. The molecule has 182 valence electrons. The van der Waals surface area contributed by atoms with E-state index in [9.17, 15) is 4.79 Å². The number of esters is 1. The topological polar surface area (TPSA) is 63.2 Å². The molecule has 32 heavy (non-hydrogen) atoms. The third-order valence-electron chi connectivity index (χ3n) is 5.19. The summed E-state index contributed by atoms with van der Waals surface area (Å²) in [6.07, 6.45) is 7.95. The Morgan fingerprint density at radius 2 is 1.69 bits per heavy atom. The van der Waals surface area contributed by atoms with Crippen LogP contribution in [-0.2, 0) is 14.3 Å². The smallest absolute Gasteiger partial charge is 0.330 e. The first-order chi connectivity index (χ1) is 15.4. The molecular formula is C26H42O6. The molecule has 1 aromatic carbocycles. The number of hydrogen-bond donors (Lipinski definition) is 0. The fraction of sp³-hybridized carbons (Fsp3) is 0.577. The molecule has 0 amide bonds. The highest BCUT2D eigenvalue weighted by molar-refractivity contribution is 5.81. The molecule has 0 aliphatic rings. The van der Waals surface area contributed by atoms with Gasteiger partial charge in [-0.25, -0.2) is 4.79 Å². The van der Waals surface area contributed by atoms with Gasteiger partial charge in [0.2, 0.25) is 5.75 Å². The number of rotatable bonds is 14. The second-order valence-corrected chi connectivity index (χ2v) is 7.33. The van der Waals surface area contributed by atoms with Gasteiger partial charge in [0.05, 0.1) is 34.2 Å². The van der Waals surface area contributed by atoms with Crippen molar-refractivity contribution in [2.24, 2.45) is 5.92 Å². The monoisotopic (exact) mass is 450 g/mol. The maximum absolute atomic E-state index is 11.5. The Morgan fingerprint density at radius 3 is 2.12 bits per heavy atom. The van der Waals surface area contributed by atoms with E-state index in [1.165, 1.54) is 39.1 Å². The van der Waals surface area contributed by atoms with Gasteiger partial charge in [0.15, 0.2) is 11.5 Å². The van der Waals surface area contributed by atoms with Crippen LogP contribution in [0.15, 0.2) is 31.6 Å². The Kier molecular flexibility index (Phi) is 15.6. The molecule has 0 saturated heterocycles. The zero-order chi connectivity index (χ0) is 24.5. The minimum absolute atomic E-state index is 0.440. The van der Waals surface area contributed by atoms with Crippen molar-refractivity contribution in [2.75, 3.05) is 27.9 Å². The maximum Gasteiger partial charge on any atom is 0.330 e. The van der Waals surface area contributed by atoms with Crippen molar-refractivity contribution in [2.45, 2.75) is 65.9 Å². The van der Waals surface area contributed by atoms with E-state index < -0.39 is 12.1 Å². The van der Waals surface area contributed by atoms with Gasteiger partial charge in [-0.15, -0.1) is 0 Å². The Labute approximate surface area is 194 Å². The Bertz CT molecular complexity index is 698. The van der Waals surface area contributed by atoms with E-state index in [1.807, 2.05) is 19.9 Å². The molecule has 0 heterocycles. The molecule has 0 fully saturated rings. The van der Waals surface area contributed by atoms with Crippen LogP contribution in [-0.4, -0.2) is 33.9 Å². The lowest BCUT2D eigenvalue weighted by atomic mass is 9.99. The minimum Gasteiger partial charge on any atom is -0.502 e. The predicted molar refractivity (Wildman–Crippen MR) is 130 cm³/mol. The van der Waals surface area contributed by atoms with Gasteiger partial charge in [-0.05, 0) is 37.3 Å². The zero-order valence-corrected chi connectivity index (χ0v) is 21.0. The van der Waals surface area contributed by atoms with Gasteiger partial charge in [0.25, 0.3) is 0 Å². The summed E-state index contributed by atoms with van der Waals surface area (Å²) in [5.41, 5.74) is 1.67. The lowest BCUT2D eigenvalue weighted by molar-refractivity contribution is -0.143. The minimum atomic E-state index is -0.474. The van der Waals surface area contributed by atoms with Crippen LogP contribution in [0.25, 0.3) is 0 Å². The summed E-state index contributed by atoms with van der Waals surface area (Å²) >= 11 is 0. The van der Waals surface area contributed by atoms with Gasteiger partial charge in [0.1, 0.15) is 6.10 Å². The average molecular weight is 451 g/mol. The van der Waals surface area contributed by atoms with E-state index in [1.54, 1.807) is 14.2 Å². The molecule has 2 atom stereocenters. The number of unbranched alkanes of at least 4 members (excludes halogenated alkanes) is 1. The van der Waals surface area contributed by atoms with Crippen LogP contribution in [0.2, 0.25) is 0 Å². The highest BCUT2D eigenvalue weighted by Crippen LogP contribution is 2.45. The highest BCUT2D eigenvalue weighted by Gasteiger charge is 2.26. The van der Waals surface area contributed by atoms with Crippen molar-refractivity contribution < 1.29 is 28.5 Å². The van der Waals surface area contributed by atoms with E-state index in [0.717, 1.165) is 29.7 Å². The molecule has 0 saturated carbocycles. The van der Waals surface area contributed by atoms with Crippen LogP contribution in [0.4, 0.5) is 0 Å². The molecule has 1 rings (SSSR count). The van der Waals surface area contributed by atoms with Crippen molar-refractivity contribution in [3.63, 3.8) is 0 Å². The summed E-state index contributed by atoms with van der Waals surface area (Å²) < 4.78 is 26.7. The first-order valence-corrected chi connectivity index (χ1v) is 11.2. The van der Waals surface area contributed by atoms with Crippen molar-refractivity contribution in [3.8, 4) is 17.2 Å². The van der Waals surface area contributed by atoms with E-state index in [0.29, 0.717) is 23.7 Å². The number of carbonyl (C=O) groups is 1. The fourth-order valence-electron chi connectivity index (χ4n) is 3.34. The molecule has 1 aromatic rings. The number of methoxy groups -OCH3 is 3. The predicted octanol–water partition coefficient (Wildman–Crippen LogP) is 6.56.